The molecule has 0 atom stereocenters. The predicted octanol–water partition coefficient (Wildman–Crippen LogP) is 4.25. The molecule has 0 radical (unpaired) electrons. The van der Waals surface area contributed by atoms with Crippen LogP contribution in [0, 0.1) is 0 Å². The van der Waals surface area contributed by atoms with Crippen LogP contribution in [0.2, 0.25) is 0 Å². The Morgan fingerprint density at radius 3 is 2.32 bits per heavy atom. The summed E-state index contributed by atoms with van der Waals surface area (Å²) < 4.78 is 27.8. The van der Waals surface area contributed by atoms with E-state index in [1.807, 2.05) is 12.1 Å². The average molecular weight is 425 g/mol. The molecule has 1 aromatic carbocycles. The molecular formula is C12H11Br2NO2S2. The monoisotopic (exact) mass is 423 g/mol. The minimum absolute atomic E-state index is 0.295. The van der Waals surface area contributed by atoms with E-state index >= 15 is 0 Å². The van der Waals surface area contributed by atoms with Gasteiger partial charge in [-0.15, -0.1) is 11.3 Å². The minimum atomic E-state index is -3.49. The van der Waals surface area contributed by atoms with E-state index in [1.54, 1.807) is 24.3 Å². The molecule has 1 N–H and O–H groups in total. The number of nitrogens with one attached hydrogen (secondary N) is 1. The van der Waals surface area contributed by atoms with Crippen molar-refractivity contribution in [2.45, 2.75) is 10.6 Å². The van der Waals surface area contributed by atoms with Gasteiger partial charge in [0.1, 0.15) is 4.21 Å². The molecule has 19 heavy (non-hydrogen) atoms. The van der Waals surface area contributed by atoms with Gasteiger partial charge in [-0.1, -0.05) is 28.1 Å². The number of halogens is 2. The lowest BCUT2D eigenvalue weighted by molar-refractivity contribution is 0.603. The zero-order chi connectivity index (χ0) is 13.9. The summed E-state index contributed by atoms with van der Waals surface area (Å²) in [5, 5.41) is 0.890. The molecule has 1 heterocycles. The average Bonchev–Trinajstić information content (AvgIpc) is 2.79. The first-order valence-electron chi connectivity index (χ1n) is 5.44. The maximum atomic E-state index is 12.1. The van der Waals surface area contributed by atoms with Crippen molar-refractivity contribution < 1.29 is 8.42 Å². The first-order chi connectivity index (χ1) is 9.01. The Morgan fingerprint density at radius 1 is 1.11 bits per heavy atom. The molecule has 1 aromatic heterocycles. The molecule has 0 saturated heterocycles. The first kappa shape index (κ1) is 15.0. The molecule has 2 aromatic rings. The number of aryl methyl sites for hydroxylation is 1. The van der Waals surface area contributed by atoms with Crippen molar-refractivity contribution >= 4 is 58.9 Å². The molecule has 2 rings (SSSR count). The lowest BCUT2D eigenvalue weighted by Crippen LogP contribution is -2.11. The first-order valence-corrected chi connectivity index (χ1v) is 9.66. The van der Waals surface area contributed by atoms with Gasteiger partial charge in [-0.05, 0) is 52.2 Å². The van der Waals surface area contributed by atoms with E-state index in [-0.39, 0.29) is 0 Å². The largest absolute Gasteiger partial charge is 0.279 e. The maximum absolute atomic E-state index is 12.1. The molecule has 0 unspecified atom stereocenters. The molecule has 0 aliphatic rings. The second kappa shape index (κ2) is 6.39. The molecule has 0 spiro atoms. The van der Waals surface area contributed by atoms with E-state index in [0.29, 0.717) is 9.90 Å². The van der Waals surface area contributed by atoms with Crippen molar-refractivity contribution in [1.82, 2.24) is 0 Å². The lowest BCUT2D eigenvalue weighted by atomic mass is 10.2. The molecule has 7 heteroatoms. The highest BCUT2D eigenvalue weighted by molar-refractivity contribution is 9.11. The van der Waals surface area contributed by atoms with Crippen molar-refractivity contribution in [1.29, 1.82) is 0 Å². The number of hydrogen-bond acceptors (Lipinski definition) is 3. The van der Waals surface area contributed by atoms with E-state index in [9.17, 15) is 8.42 Å². The standard InChI is InChI=1S/C12H11Br2NO2S2/c13-8-7-9-1-3-10(4-2-9)15-19(16,17)12-6-5-11(14)18-12/h1-6,15H,7-8H2. The predicted molar refractivity (Wildman–Crippen MR) is 86.8 cm³/mol. The topological polar surface area (TPSA) is 46.2 Å². The highest BCUT2D eigenvalue weighted by Gasteiger charge is 2.16. The molecule has 0 aliphatic carbocycles. The van der Waals surface area contributed by atoms with Gasteiger partial charge in [0.15, 0.2) is 0 Å². The minimum Gasteiger partial charge on any atom is -0.279 e. The third-order valence-corrected chi connectivity index (χ3v) is 6.30. The molecule has 0 fully saturated rings. The van der Waals surface area contributed by atoms with Crippen LogP contribution in [0.5, 0.6) is 0 Å². The SMILES string of the molecule is O=S(=O)(Nc1ccc(CCBr)cc1)c1ccc(Br)s1. The number of rotatable bonds is 5. The molecule has 3 nitrogen and oxygen atoms in total. The second-order valence-corrected chi connectivity index (χ2v) is 8.97. The third kappa shape index (κ3) is 4.05. The second-order valence-electron chi connectivity index (χ2n) is 3.80. The van der Waals surface area contributed by atoms with Gasteiger partial charge in [0.25, 0.3) is 10.0 Å². The summed E-state index contributed by atoms with van der Waals surface area (Å²) in [6, 6.07) is 10.7. The molecule has 0 aliphatic heterocycles. The van der Waals surface area contributed by atoms with Gasteiger partial charge in [-0.2, -0.15) is 0 Å². The van der Waals surface area contributed by atoms with Gasteiger partial charge in [0.05, 0.1) is 3.79 Å². The highest BCUT2D eigenvalue weighted by Crippen LogP contribution is 2.27. The summed E-state index contributed by atoms with van der Waals surface area (Å²) in [6.45, 7) is 0. The fourth-order valence-corrected chi connectivity index (χ4v) is 5.02. The number of sulfonamides is 1. The Bertz CT molecular complexity index is 651. The lowest BCUT2D eigenvalue weighted by Gasteiger charge is -2.07. The quantitative estimate of drug-likeness (QED) is 0.729. The van der Waals surface area contributed by atoms with Crippen LogP contribution in [0.1, 0.15) is 5.56 Å². The summed E-state index contributed by atoms with van der Waals surface area (Å²) in [7, 11) is -3.49. The Kier molecular flexibility index (Phi) is 5.05. The highest BCUT2D eigenvalue weighted by atomic mass is 79.9. The van der Waals surface area contributed by atoms with E-state index in [4.69, 9.17) is 0 Å². The molecule has 102 valence electrons. The summed E-state index contributed by atoms with van der Waals surface area (Å²) in [6.07, 6.45) is 0.922. The summed E-state index contributed by atoms with van der Waals surface area (Å²) >= 11 is 7.82. The smallest absolute Gasteiger partial charge is 0.271 e. The van der Waals surface area contributed by atoms with Crippen LogP contribution in [0.25, 0.3) is 0 Å². The fraction of sp³-hybridized carbons (Fsp3) is 0.167. The van der Waals surface area contributed by atoms with E-state index in [2.05, 4.69) is 36.6 Å². The number of anilines is 1. The van der Waals surface area contributed by atoms with Crippen molar-refractivity contribution in [3.05, 3.63) is 45.7 Å². The van der Waals surface area contributed by atoms with Gasteiger partial charge in [-0.25, -0.2) is 8.42 Å². The van der Waals surface area contributed by atoms with Gasteiger partial charge in [-0.3, -0.25) is 4.72 Å². The van der Waals surface area contributed by atoms with Crippen LogP contribution >= 0.6 is 43.2 Å². The Hall–Kier alpha value is -0.370. The van der Waals surface area contributed by atoms with Gasteiger partial charge >= 0.3 is 0 Å². The third-order valence-electron chi connectivity index (χ3n) is 2.40. The van der Waals surface area contributed by atoms with Crippen LogP contribution in [-0.4, -0.2) is 13.7 Å². The van der Waals surface area contributed by atoms with E-state index in [0.717, 1.165) is 15.5 Å². The molecule has 0 bridgehead atoms. The van der Waals surface area contributed by atoms with Crippen molar-refractivity contribution in [2.75, 3.05) is 10.1 Å². The van der Waals surface area contributed by atoms with Crippen LogP contribution < -0.4 is 4.72 Å². The van der Waals surface area contributed by atoms with Gasteiger partial charge in [0, 0.05) is 11.0 Å². The van der Waals surface area contributed by atoms with E-state index < -0.39 is 10.0 Å². The van der Waals surface area contributed by atoms with Crippen LogP contribution in [0.15, 0.2) is 44.4 Å². The molecular weight excluding hydrogens is 414 g/mol. The number of benzene rings is 1. The Morgan fingerprint density at radius 2 is 1.79 bits per heavy atom. The zero-order valence-electron chi connectivity index (χ0n) is 9.77. The number of alkyl halides is 1. The van der Waals surface area contributed by atoms with Gasteiger partial charge in [0.2, 0.25) is 0 Å². The molecule has 0 saturated carbocycles. The molecule has 0 amide bonds. The number of hydrogen-bond donors (Lipinski definition) is 1. The normalized spacial score (nSPS) is 11.5. The fourth-order valence-electron chi connectivity index (χ4n) is 1.50. The van der Waals surface area contributed by atoms with Gasteiger partial charge < -0.3 is 0 Å². The van der Waals surface area contributed by atoms with Crippen LogP contribution in [0.3, 0.4) is 0 Å². The maximum Gasteiger partial charge on any atom is 0.271 e. The summed E-state index contributed by atoms with van der Waals surface area (Å²) in [5.74, 6) is 0. The summed E-state index contributed by atoms with van der Waals surface area (Å²) in [5.41, 5.74) is 1.74. The Labute approximate surface area is 133 Å². The van der Waals surface area contributed by atoms with Crippen molar-refractivity contribution in [2.24, 2.45) is 0 Å². The van der Waals surface area contributed by atoms with E-state index in [1.165, 1.54) is 16.9 Å². The zero-order valence-corrected chi connectivity index (χ0v) is 14.6. The summed E-state index contributed by atoms with van der Waals surface area (Å²) in [4.78, 5) is 0. The Balaban J connectivity index is 2.16. The van der Waals surface area contributed by atoms with Crippen molar-refractivity contribution in [3.63, 3.8) is 0 Å². The van der Waals surface area contributed by atoms with Crippen LogP contribution in [0.4, 0.5) is 5.69 Å². The number of thiophene rings is 1. The van der Waals surface area contributed by atoms with Crippen molar-refractivity contribution in [3.8, 4) is 0 Å². The van der Waals surface area contributed by atoms with Crippen LogP contribution in [-0.2, 0) is 16.4 Å².